The molecule has 90 valence electrons. The molecular weight excluding hydrogens is 222 g/mol. The molecule has 3 heteroatoms. The van der Waals surface area contributed by atoms with Crippen molar-refractivity contribution in [1.29, 1.82) is 0 Å². The van der Waals surface area contributed by atoms with Crippen molar-refractivity contribution in [3.05, 3.63) is 0 Å². The number of thioether (sulfide) groups is 2. The molecule has 0 bridgehead atoms. The van der Waals surface area contributed by atoms with Crippen LogP contribution in [0.5, 0.6) is 0 Å². The molecule has 1 aliphatic heterocycles. The molecule has 1 fully saturated rings. The van der Waals surface area contributed by atoms with E-state index in [1.807, 2.05) is 11.8 Å². The SMILES string of the molecule is CCC(CSC)NC1CSCCC1(C)C. The first-order valence-corrected chi connectivity index (χ1v) is 8.47. The van der Waals surface area contributed by atoms with E-state index in [2.05, 4.69) is 44.1 Å². The molecule has 0 radical (unpaired) electrons. The van der Waals surface area contributed by atoms with Crippen LogP contribution >= 0.6 is 23.5 Å². The number of nitrogens with one attached hydrogen (secondary N) is 1. The van der Waals surface area contributed by atoms with Crippen LogP contribution in [0.3, 0.4) is 0 Å². The van der Waals surface area contributed by atoms with Gasteiger partial charge in [0.15, 0.2) is 0 Å². The van der Waals surface area contributed by atoms with Crippen LogP contribution in [0.2, 0.25) is 0 Å². The Morgan fingerprint density at radius 3 is 2.80 bits per heavy atom. The van der Waals surface area contributed by atoms with Crippen LogP contribution in [0.4, 0.5) is 0 Å². The van der Waals surface area contributed by atoms with Gasteiger partial charge in [-0.1, -0.05) is 20.8 Å². The Balaban J connectivity index is 2.46. The molecule has 0 aliphatic carbocycles. The summed E-state index contributed by atoms with van der Waals surface area (Å²) in [6.07, 6.45) is 4.80. The number of hydrogen-bond donors (Lipinski definition) is 1. The minimum atomic E-state index is 0.483. The van der Waals surface area contributed by atoms with Gasteiger partial charge in [0.25, 0.3) is 0 Å². The van der Waals surface area contributed by atoms with E-state index < -0.39 is 0 Å². The van der Waals surface area contributed by atoms with E-state index >= 15 is 0 Å². The fourth-order valence-electron chi connectivity index (χ4n) is 1.98. The van der Waals surface area contributed by atoms with E-state index in [0.717, 1.165) is 0 Å². The van der Waals surface area contributed by atoms with E-state index in [0.29, 0.717) is 17.5 Å². The summed E-state index contributed by atoms with van der Waals surface area (Å²) in [6.45, 7) is 7.11. The Kier molecular flexibility index (Phi) is 5.86. The first-order valence-electron chi connectivity index (χ1n) is 5.93. The normalized spacial score (nSPS) is 27.6. The van der Waals surface area contributed by atoms with Crippen LogP contribution in [-0.2, 0) is 0 Å². The smallest absolute Gasteiger partial charge is 0.0212 e. The largest absolute Gasteiger partial charge is 0.309 e. The first-order chi connectivity index (χ1) is 7.10. The molecule has 0 aromatic heterocycles. The van der Waals surface area contributed by atoms with Gasteiger partial charge in [-0.3, -0.25) is 0 Å². The molecular formula is C12H25NS2. The van der Waals surface area contributed by atoms with Crippen LogP contribution in [0.1, 0.15) is 33.6 Å². The van der Waals surface area contributed by atoms with Gasteiger partial charge in [-0.15, -0.1) is 0 Å². The van der Waals surface area contributed by atoms with Crippen LogP contribution in [0, 0.1) is 5.41 Å². The third kappa shape index (κ3) is 4.20. The quantitative estimate of drug-likeness (QED) is 0.801. The molecule has 1 N–H and O–H groups in total. The average molecular weight is 247 g/mol. The molecule has 1 saturated heterocycles. The third-order valence-electron chi connectivity index (χ3n) is 3.42. The predicted octanol–water partition coefficient (Wildman–Crippen LogP) is 3.25. The zero-order valence-corrected chi connectivity index (χ0v) is 12.1. The van der Waals surface area contributed by atoms with Gasteiger partial charge in [-0.2, -0.15) is 23.5 Å². The van der Waals surface area contributed by atoms with Crippen LogP contribution in [0.15, 0.2) is 0 Å². The lowest BCUT2D eigenvalue weighted by Gasteiger charge is -2.40. The van der Waals surface area contributed by atoms with Crippen molar-refractivity contribution in [2.75, 3.05) is 23.5 Å². The summed E-state index contributed by atoms with van der Waals surface area (Å²) in [4.78, 5) is 0. The molecule has 2 unspecified atom stereocenters. The Bertz CT molecular complexity index is 182. The standard InChI is InChI=1S/C12H25NS2/c1-5-10(8-14-4)13-11-9-15-7-6-12(11,2)3/h10-11,13H,5-9H2,1-4H3. The van der Waals surface area contributed by atoms with Gasteiger partial charge in [0.2, 0.25) is 0 Å². The van der Waals surface area contributed by atoms with Gasteiger partial charge in [0.1, 0.15) is 0 Å². The maximum Gasteiger partial charge on any atom is 0.0212 e. The molecule has 1 rings (SSSR count). The summed E-state index contributed by atoms with van der Waals surface area (Å²) in [7, 11) is 0. The van der Waals surface area contributed by atoms with Gasteiger partial charge in [-0.05, 0) is 30.3 Å². The topological polar surface area (TPSA) is 12.0 Å². The summed E-state index contributed by atoms with van der Waals surface area (Å²) in [6, 6.07) is 1.40. The van der Waals surface area contributed by atoms with Crippen LogP contribution < -0.4 is 5.32 Å². The Hall–Kier alpha value is 0.660. The van der Waals surface area contributed by atoms with Crippen LogP contribution in [0.25, 0.3) is 0 Å². The summed E-state index contributed by atoms with van der Waals surface area (Å²) in [5.41, 5.74) is 0.483. The molecule has 0 aromatic rings. The Morgan fingerprint density at radius 2 is 2.27 bits per heavy atom. The van der Waals surface area contributed by atoms with Crippen molar-refractivity contribution < 1.29 is 0 Å². The van der Waals surface area contributed by atoms with E-state index in [4.69, 9.17) is 0 Å². The fourth-order valence-corrected chi connectivity index (χ4v) is 4.33. The Morgan fingerprint density at radius 1 is 1.53 bits per heavy atom. The van der Waals surface area contributed by atoms with Crippen molar-refractivity contribution in [2.45, 2.75) is 45.7 Å². The van der Waals surface area contributed by atoms with Gasteiger partial charge in [0.05, 0.1) is 0 Å². The van der Waals surface area contributed by atoms with Crippen molar-refractivity contribution in [3.63, 3.8) is 0 Å². The monoisotopic (exact) mass is 247 g/mol. The maximum atomic E-state index is 3.86. The highest BCUT2D eigenvalue weighted by Gasteiger charge is 2.33. The number of hydrogen-bond acceptors (Lipinski definition) is 3. The molecule has 1 nitrogen and oxygen atoms in total. The zero-order valence-electron chi connectivity index (χ0n) is 10.5. The summed E-state index contributed by atoms with van der Waals surface area (Å²) in [5.74, 6) is 3.87. The van der Waals surface area contributed by atoms with Gasteiger partial charge < -0.3 is 5.32 Å². The van der Waals surface area contributed by atoms with Crippen LogP contribution in [-0.4, -0.2) is 35.6 Å². The van der Waals surface area contributed by atoms with Crippen molar-refractivity contribution in [1.82, 2.24) is 5.32 Å². The molecule has 15 heavy (non-hydrogen) atoms. The molecule has 0 spiro atoms. The summed E-state index contributed by atoms with van der Waals surface area (Å²) in [5, 5.41) is 3.86. The van der Waals surface area contributed by atoms with E-state index in [-0.39, 0.29) is 0 Å². The van der Waals surface area contributed by atoms with E-state index in [1.165, 1.54) is 30.1 Å². The second kappa shape index (κ2) is 6.41. The van der Waals surface area contributed by atoms with Crippen molar-refractivity contribution >= 4 is 23.5 Å². The minimum absolute atomic E-state index is 0.483. The van der Waals surface area contributed by atoms with Gasteiger partial charge in [-0.25, -0.2) is 0 Å². The molecule has 1 heterocycles. The lowest BCUT2D eigenvalue weighted by Crippen LogP contribution is -2.51. The minimum Gasteiger partial charge on any atom is -0.309 e. The average Bonchev–Trinajstić information content (AvgIpc) is 2.20. The van der Waals surface area contributed by atoms with Gasteiger partial charge >= 0.3 is 0 Å². The molecule has 2 atom stereocenters. The lowest BCUT2D eigenvalue weighted by atomic mass is 9.82. The predicted molar refractivity (Wildman–Crippen MR) is 75.1 cm³/mol. The third-order valence-corrected chi connectivity index (χ3v) is 5.21. The molecule has 1 aliphatic rings. The molecule has 0 aromatic carbocycles. The highest BCUT2D eigenvalue weighted by Crippen LogP contribution is 2.34. The lowest BCUT2D eigenvalue weighted by molar-refractivity contribution is 0.231. The van der Waals surface area contributed by atoms with Crippen molar-refractivity contribution in [2.24, 2.45) is 5.41 Å². The second-order valence-corrected chi connectivity index (χ2v) is 7.15. The number of rotatable bonds is 5. The zero-order chi connectivity index (χ0) is 11.3. The molecule has 0 amide bonds. The maximum absolute atomic E-state index is 3.86. The van der Waals surface area contributed by atoms with Crippen molar-refractivity contribution in [3.8, 4) is 0 Å². The Labute approximate surface area is 104 Å². The fraction of sp³-hybridized carbons (Fsp3) is 1.00. The second-order valence-electron chi connectivity index (χ2n) is 5.09. The summed E-state index contributed by atoms with van der Waals surface area (Å²) >= 11 is 4.06. The molecule has 0 saturated carbocycles. The van der Waals surface area contributed by atoms with Gasteiger partial charge in [0, 0.05) is 23.6 Å². The van der Waals surface area contributed by atoms with E-state index in [9.17, 15) is 0 Å². The first kappa shape index (κ1) is 13.7. The highest BCUT2D eigenvalue weighted by molar-refractivity contribution is 7.99. The summed E-state index contributed by atoms with van der Waals surface area (Å²) < 4.78 is 0. The highest BCUT2D eigenvalue weighted by atomic mass is 32.2. The van der Waals surface area contributed by atoms with E-state index in [1.54, 1.807) is 0 Å².